The molecule has 0 saturated carbocycles. The molecule has 0 atom stereocenters. The van der Waals surface area contributed by atoms with Crippen LogP contribution in [0.5, 0.6) is 0 Å². The van der Waals surface area contributed by atoms with E-state index in [4.69, 9.17) is 0 Å². The van der Waals surface area contributed by atoms with Gasteiger partial charge in [-0.25, -0.2) is 9.97 Å². The normalized spacial score (nSPS) is 10.8. The predicted octanol–water partition coefficient (Wildman–Crippen LogP) is 2.82. The van der Waals surface area contributed by atoms with E-state index in [1.165, 1.54) is 0 Å². The molecule has 0 saturated heterocycles. The molecule has 0 aliphatic carbocycles. The summed E-state index contributed by atoms with van der Waals surface area (Å²) in [6.07, 6.45) is 1.75. The number of nitrogens with zero attached hydrogens (tertiary/aromatic N) is 3. The molecule has 0 spiro atoms. The Labute approximate surface area is 112 Å². The Morgan fingerprint density at radius 2 is 2.06 bits per heavy atom. The number of aromatic nitrogens is 4. The Morgan fingerprint density at radius 1 is 1.17 bits per heavy atom. The van der Waals surface area contributed by atoms with Crippen LogP contribution < -0.4 is 5.32 Å². The maximum atomic E-state index is 4.44. The molecule has 3 aromatic heterocycles. The standard InChI is InChI=1S/C12H10BrN5/c1-14-10-5-4-9-12(17-10)18-11(16-9)8-3-2-7(13)6-15-8/h2-6H,1H3,(H2,14,16,17,18). The van der Waals surface area contributed by atoms with Crippen LogP contribution in [0.2, 0.25) is 0 Å². The van der Waals surface area contributed by atoms with Gasteiger partial charge >= 0.3 is 0 Å². The highest BCUT2D eigenvalue weighted by Crippen LogP contribution is 2.20. The minimum atomic E-state index is 0.682. The highest BCUT2D eigenvalue weighted by atomic mass is 79.9. The van der Waals surface area contributed by atoms with Gasteiger partial charge in [0.25, 0.3) is 0 Å². The largest absolute Gasteiger partial charge is 0.373 e. The van der Waals surface area contributed by atoms with Gasteiger partial charge in [0.15, 0.2) is 11.5 Å². The van der Waals surface area contributed by atoms with Crippen LogP contribution >= 0.6 is 15.9 Å². The number of pyridine rings is 2. The van der Waals surface area contributed by atoms with Crippen LogP contribution in [0, 0.1) is 0 Å². The minimum Gasteiger partial charge on any atom is -0.373 e. The average Bonchev–Trinajstić information content (AvgIpc) is 2.82. The van der Waals surface area contributed by atoms with Gasteiger partial charge in [0.2, 0.25) is 0 Å². The Morgan fingerprint density at radius 3 is 2.78 bits per heavy atom. The van der Waals surface area contributed by atoms with Gasteiger partial charge in [-0.1, -0.05) is 0 Å². The number of imidazole rings is 1. The zero-order chi connectivity index (χ0) is 12.5. The van der Waals surface area contributed by atoms with Crippen molar-refractivity contribution in [2.45, 2.75) is 0 Å². The summed E-state index contributed by atoms with van der Waals surface area (Å²) in [4.78, 5) is 16.3. The maximum Gasteiger partial charge on any atom is 0.180 e. The molecule has 6 heteroatoms. The van der Waals surface area contributed by atoms with Crippen molar-refractivity contribution in [1.29, 1.82) is 0 Å². The molecular weight excluding hydrogens is 294 g/mol. The Bertz CT molecular complexity index is 689. The lowest BCUT2D eigenvalue weighted by atomic mass is 10.3. The van der Waals surface area contributed by atoms with Crippen molar-refractivity contribution in [2.24, 2.45) is 0 Å². The second-order valence-corrected chi connectivity index (χ2v) is 4.68. The van der Waals surface area contributed by atoms with E-state index in [0.717, 1.165) is 27.3 Å². The lowest BCUT2D eigenvalue weighted by Crippen LogP contribution is -1.91. The van der Waals surface area contributed by atoms with E-state index in [1.807, 2.05) is 31.3 Å². The third-order valence-electron chi connectivity index (χ3n) is 2.57. The molecule has 0 bridgehead atoms. The second kappa shape index (κ2) is 4.38. The van der Waals surface area contributed by atoms with Gasteiger partial charge in [-0.2, -0.15) is 0 Å². The zero-order valence-corrected chi connectivity index (χ0v) is 11.2. The average molecular weight is 304 g/mol. The molecule has 3 heterocycles. The topological polar surface area (TPSA) is 66.5 Å². The van der Waals surface area contributed by atoms with E-state index in [2.05, 4.69) is 41.2 Å². The molecule has 0 aliphatic rings. The van der Waals surface area contributed by atoms with E-state index in [-0.39, 0.29) is 0 Å². The number of anilines is 1. The molecule has 3 rings (SSSR count). The number of halogens is 1. The van der Waals surface area contributed by atoms with Gasteiger partial charge in [-0.15, -0.1) is 0 Å². The Kier molecular flexibility index (Phi) is 2.71. The summed E-state index contributed by atoms with van der Waals surface area (Å²) in [6.45, 7) is 0. The molecule has 18 heavy (non-hydrogen) atoms. The molecule has 3 aromatic rings. The van der Waals surface area contributed by atoms with Gasteiger partial charge in [0, 0.05) is 17.7 Å². The molecule has 2 N–H and O–H groups in total. The highest BCUT2D eigenvalue weighted by molar-refractivity contribution is 9.10. The Hall–Kier alpha value is -1.95. The molecule has 0 radical (unpaired) electrons. The summed E-state index contributed by atoms with van der Waals surface area (Å²) >= 11 is 3.36. The molecule has 0 amide bonds. The van der Waals surface area contributed by atoms with Crippen molar-refractivity contribution in [3.63, 3.8) is 0 Å². The van der Waals surface area contributed by atoms with E-state index >= 15 is 0 Å². The van der Waals surface area contributed by atoms with E-state index < -0.39 is 0 Å². The van der Waals surface area contributed by atoms with Crippen LogP contribution in [-0.2, 0) is 0 Å². The first kappa shape index (κ1) is 11.2. The summed E-state index contributed by atoms with van der Waals surface area (Å²) in [5.41, 5.74) is 2.37. The van der Waals surface area contributed by atoms with Crippen LogP contribution in [0.25, 0.3) is 22.7 Å². The fourth-order valence-electron chi connectivity index (χ4n) is 1.67. The number of aromatic amines is 1. The third kappa shape index (κ3) is 1.95. The second-order valence-electron chi connectivity index (χ2n) is 3.76. The maximum absolute atomic E-state index is 4.44. The Balaban J connectivity index is 2.10. The predicted molar refractivity (Wildman–Crippen MR) is 74.4 cm³/mol. The fourth-order valence-corrected chi connectivity index (χ4v) is 1.90. The van der Waals surface area contributed by atoms with E-state index in [1.54, 1.807) is 6.20 Å². The minimum absolute atomic E-state index is 0.682. The molecule has 90 valence electrons. The summed E-state index contributed by atoms with van der Waals surface area (Å²) in [7, 11) is 1.83. The summed E-state index contributed by atoms with van der Waals surface area (Å²) in [5.74, 6) is 1.52. The fraction of sp³-hybridized carbons (Fsp3) is 0.0833. The molecule has 5 nitrogen and oxygen atoms in total. The monoisotopic (exact) mass is 303 g/mol. The molecule has 0 unspecified atom stereocenters. The third-order valence-corrected chi connectivity index (χ3v) is 3.04. The number of H-pyrrole nitrogens is 1. The van der Waals surface area contributed by atoms with Crippen molar-refractivity contribution < 1.29 is 0 Å². The van der Waals surface area contributed by atoms with Crippen LogP contribution in [0.1, 0.15) is 0 Å². The van der Waals surface area contributed by atoms with Crippen molar-refractivity contribution in [3.05, 3.63) is 34.9 Å². The molecule has 0 aliphatic heterocycles. The number of rotatable bonds is 2. The summed E-state index contributed by atoms with van der Waals surface area (Å²) in [5, 5.41) is 2.99. The SMILES string of the molecule is CNc1ccc2[nH]c(-c3ccc(Br)cn3)nc2n1. The van der Waals surface area contributed by atoms with Gasteiger partial charge in [0.1, 0.15) is 11.5 Å². The molecule has 0 aromatic carbocycles. The molecular formula is C12H10BrN5. The van der Waals surface area contributed by atoms with Crippen molar-refractivity contribution >= 4 is 32.9 Å². The van der Waals surface area contributed by atoms with Gasteiger partial charge in [0.05, 0.1) is 5.52 Å². The van der Waals surface area contributed by atoms with E-state index in [9.17, 15) is 0 Å². The van der Waals surface area contributed by atoms with Gasteiger partial charge in [-0.3, -0.25) is 4.98 Å². The highest BCUT2D eigenvalue weighted by Gasteiger charge is 2.07. The van der Waals surface area contributed by atoms with Crippen LogP contribution in [0.3, 0.4) is 0 Å². The number of nitrogens with one attached hydrogen (secondary N) is 2. The number of hydrogen-bond donors (Lipinski definition) is 2. The van der Waals surface area contributed by atoms with Crippen LogP contribution in [0.15, 0.2) is 34.9 Å². The smallest absolute Gasteiger partial charge is 0.180 e. The quantitative estimate of drug-likeness (QED) is 0.764. The van der Waals surface area contributed by atoms with Crippen molar-refractivity contribution in [2.75, 3.05) is 12.4 Å². The first-order valence-corrected chi connectivity index (χ1v) is 6.22. The van der Waals surface area contributed by atoms with Crippen molar-refractivity contribution in [3.8, 4) is 11.5 Å². The summed E-state index contributed by atoms with van der Waals surface area (Å²) < 4.78 is 0.943. The first-order chi connectivity index (χ1) is 8.76. The van der Waals surface area contributed by atoms with Gasteiger partial charge < -0.3 is 10.3 Å². The number of hydrogen-bond acceptors (Lipinski definition) is 4. The number of fused-ring (bicyclic) bond motifs is 1. The van der Waals surface area contributed by atoms with Crippen LogP contribution in [-0.4, -0.2) is 27.0 Å². The lowest BCUT2D eigenvalue weighted by molar-refractivity contribution is 1.22. The first-order valence-electron chi connectivity index (χ1n) is 5.43. The molecule has 0 fully saturated rings. The lowest BCUT2D eigenvalue weighted by Gasteiger charge is -1.95. The summed E-state index contributed by atoms with van der Waals surface area (Å²) in [6, 6.07) is 7.69. The van der Waals surface area contributed by atoms with Gasteiger partial charge in [-0.05, 0) is 40.2 Å². The van der Waals surface area contributed by atoms with Crippen LogP contribution in [0.4, 0.5) is 5.82 Å². The zero-order valence-electron chi connectivity index (χ0n) is 9.61. The van der Waals surface area contributed by atoms with E-state index in [0.29, 0.717) is 5.65 Å². The van der Waals surface area contributed by atoms with Crippen molar-refractivity contribution in [1.82, 2.24) is 19.9 Å².